The van der Waals surface area contributed by atoms with Crippen LogP contribution in [0.3, 0.4) is 0 Å². The highest BCUT2D eigenvalue weighted by Gasteiger charge is 2.64. The van der Waals surface area contributed by atoms with Gasteiger partial charge in [0.2, 0.25) is 11.8 Å². The minimum absolute atomic E-state index is 0.0137. The smallest absolute Gasteiger partial charge is 0.351 e. The second-order valence-electron chi connectivity index (χ2n) is 9.35. The molecular weight excluding hydrogens is 526 g/mol. The third kappa shape index (κ3) is 5.68. The van der Waals surface area contributed by atoms with Crippen molar-refractivity contribution in [1.82, 2.24) is 15.3 Å². The van der Waals surface area contributed by atoms with E-state index < -0.39 is 59.9 Å². The highest BCUT2D eigenvalue weighted by Crippen LogP contribution is 2.59. The average Bonchev–Trinajstić information content (AvgIpc) is 3.66. The monoisotopic (exact) mass is 548 g/mol. The third-order valence-electron chi connectivity index (χ3n) is 6.88. The number of carbonyl (C=O) groups is 2. The third-order valence-corrected chi connectivity index (χ3v) is 7.07. The van der Waals surface area contributed by atoms with Crippen molar-refractivity contribution in [2.45, 2.75) is 73.8 Å². The van der Waals surface area contributed by atoms with E-state index in [-0.39, 0.29) is 42.5 Å². The van der Waals surface area contributed by atoms with Crippen molar-refractivity contribution < 1.29 is 35.9 Å². The molecular formula is C24H23ClF6N4O2. The van der Waals surface area contributed by atoms with Gasteiger partial charge in [-0.05, 0) is 43.4 Å². The van der Waals surface area contributed by atoms with Crippen LogP contribution < -0.4 is 10.2 Å². The van der Waals surface area contributed by atoms with E-state index >= 15 is 0 Å². The molecule has 1 unspecified atom stereocenters. The molecule has 2 fully saturated rings. The van der Waals surface area contributed by atoms with Crippen molar-refractivity contribution in [1.29, 1.82) is 0 Å². The lowest BCUT2D eigenvalue weighted by Gasteiger charge is -2.34. The van der Waals surface area contributed by atoms with Crippen molar-refractivity contribution in [2.75, 3.05) is 4.90 Å². The van der Waals surface area contributed by atoms with Gasteiger partial charge < -0.3 is 5.32 Å². The van der Waals surface area contributed by atoms with Crippen molar-refractivity contribution in [3.05, 3.63) is 54.1 Å². The number of nitrogens with zero attached hydrogens (tertiary/aromatic N) is 3. The summed E-state index contributed by atoms with van der Waals surface area (Å²) in [5, 5.41) is 2.63. The summed E-state index contributed by atoms with van der Waals surface area (Å²) in [5.74, 6) is -5.01. The Labute approximate surface area is 213 Å². The number of nitrogens with one attached hydrogen (secondary N) is 1. The van der Waals surface area contributed by atoms with Crippen LogP contribution in [0.5, 0.6) is 0 Å². The first-order valence-corrected chi connectivity index (χ1v) is 12.0. The first-order valence-electron chi connectivity index (χ1n) is 11.6. The standard InChI is InChI=1S/C24H23ClF6N4O2/c25-19(26)21(37)35(17-3-1-15(2-4-17)22(9-10-22)24(29,30)31)18(14-11-32-13-33-12-14)20(36)34-16-5-7-23(27,28)8-6-16/h1-4,11-13,16,18-19H,5-10H2,(H,34,36)/t18?,19-/m0/s1. The second kappa shape index (κ2) is 10.1. The number of amides is 2. The number of rotatable bonds is 7. The Kier molecular flexibility index (Phi) is 7.42. The molecule has 2 aliphatic carbocycles. The molecule has 0 saturated heterocycles. The quantitative estimate of drug-likeness (QED) is 0.373. The van der Waals surface area contributed by atoms with Gasteiger partial charge in [0.1, 0.15) is 12.4 Å². The Bertz CT molecular complexity index is 1120. The summed E-state index contributed by atoms with van der Waals surface area (Å²) in [4.78, 5) is 34.7. The Morgan fingerprint density at radius 1 is 1.03 bits per heavy atom. The fourth-order valence-corrected chi connectivity index (χ4v) is 4.75. The summed E-state index contributed by atoms with van der Waals surface area (Å²) in [6.07, 6.45) is -1.94. The molecule has 2 atom stereocenters. The molecule has 1 aromatic heterocycles. The molecule has 200 valence electrons. The highest BCUT2D eigenvalue weighted by molar-refractivity contribution is 6.32. The molecule has 0 spiro atoms. The lowest BCUT2D eigenvalue weighted by atomic mass is 9.91. The van der Waals surface area contributed by atoms with Crippen LogP contribution in [-0.2, 0) is 15.0 Å². The maximum atomic E-state index is 14.1. The Hall–Kier alpha value is -2.89. The topological polar surface area (TPSA) is 75.2 Å². The number of carbonyl (C=O) groups excluding carboxylic acids is 2. The van der Waals surface area contributed by atoms with Crippen LogP contribution in [0, 0.1) is 0 Å². The molecule has 0 bridgehead atoms. The Morgan fingerprint density at radius 3 is 2.08 bits per heavy atom. The van der Waals surface area contributed by atoms with E-state index in [1.807, 2.05) is 0 Å². The van der Waals surface area contributed by atoms with E-state index in [4.69, 9.17) is 11.6 Å². The van der Waals surface area contributed by atoms with E-state index in [1.165, 1.54) is 36.7 Å². The molecule has 4 rings (SSSR count). The Morgan fingerprint density at radius 2 is 1.59 bits per heavy atom. The summed E-state index contributed by atoms with van der Waals surface area (Å²) in [7, 11) is 0. The first-order chi connectivity index (χ1) is 17.3. The first kappa shape index (κ1) is 27.2. The van der Waals surface area contributed by atoms with E-state index in [9.17, 15) is 35.9 Å². The van der Waals surface area contributed by atoms with E-state index in [1.54, 1.807) is 0 Å². The van der Waals surface area contributed by atoms with Crippen molar-refractivity contribution >= 4 is 29.1 Å². The van der Waals surface area contributed by atoms with Crippen LogP contribution in [0.25, 0.3) is 0 Å². The van der Waals surface area contributed by atoms with Gasteiger partial charge in [0.25, 0.3) is 11.5 Å². The van der Waals surface area contributed by atoms with E-state index in [0.717, 1.165) is 11.2 Å². The van der Waals surface area contributed by atoms with Gasteiger partial charge in [0.15, 0.2) is 0 Å². The van der Waals surface area contributed by atoms with E-state index in [0.29, 0.717) is 0 Å². The molecule has 1 heterocycles. The molecule has 2 aliphatic rings. The predicted molar refractivity (Wildman–Crippen MR) is 122 cm³/mol. The summed E-state index contributed by atoms with van der Waals surface area (Å²) in [5.41, 5.74) is -4.62. The molecule has 0 aliphatic heterocycles. The van der Waals surface area contributed by atoms with Gasteiger partial charge in [0.05, 0.1) is 5.41 Å². The fraction of sp³-hybridized carbons (Fsp3) is 0.500. The molecule has 2 amide bonds. The minimum Gasteiger partial charge on any atom is -0.351 e. The zero-order valence-electron chi connectivity index (χ0n) is 19.3. The van der Waals surface area contributed by atoms with Gasteiger partial charge in [0, 0.05) is 42.5 Å². The number of aromatic nitrogens is 2. The largest absolute Gasteiger partial charge is 0.398 e. The van der Waals surface area contributed by atoms with Gasteiger partial charge in [-0.3, -0.25) is 14.5 Å². The maximum absolute atomic E-state index is 14.1. The molecule has 1 N–H and O–H groups in total. The normalized spacial score (nSPS) is 20.5. The van der Waals surface area contributed by atoms with Gasteiger partial charge in [-0.2, -0.15) is 13.2 Å². The zero-order chi connectivity index (χ0) is 27.0. The van der Waals surface area contributed by atoms with Gasteiger partial charge in [-0.25, -0.2) is 23.1 Å². The number of anilines is 1. The lowest BCUT2D eigenvalue weighted by Crippen LogP contribution is -2.49. The zero-order valence-corrected chi connectivity index (χ0v) is 20.1. The number of hydrogen-bond acceptors (Lipinski definition) is 4. The number of halogens is 7. The second-order valence-corrected chi connectivity index (χ2v) is 9.73. The highest BCUT2D eigenvalue weighted by atomic mass is 35.5. The van der Waals surface area contributed by atoms with Crippen molar-refractivity contribution in [3.8, 4) is 0 Å². The van der Waals surface area contributed by atoms with Crippen molar-refractivity contribution in [3.63, 3.8) is 0 Å². The number of alkyl halides is 7. The summed E-state index contributed by atoms with van der Waals surface area (Å²) >= 11 is 5.45. The van der Waals surface area contributed by atoms with Crippen LogP contribution in [0.4, 0.5) is 32.0 Å². The SMILES string of the molecule is O=C(NC1CCC(F)(F)CC1)C(c1cncnc1)N(C(=O)[C@H](F)Cl)c1ccc(C2(C(F)(F)F)CC2)cc1. The molecule has 2 aromatic rings. The average molecular weight is 549 g/mol. The molecule has 0 radical (unpaired) electrons. The molecule has 1 aromatic carbocycles. The molecule has 37 heavy (non-hydrogen) atoms. The summed E-state index contributed by atoms with van der Waals surface area (Å²) in [6, 6.07) is 2.52. The fourth-order valence-electron chi connectivity index (χ4n) is 4.64. The van der Waals surface area contributed by atoms with Gasteiger partial charge in [-0.15, -0.1) is 0 Å². The molecule has 2 saturated carbocycles. The lowest BCUT2D eigenvalue weighted by molar-refractivity contribution is -0.160. The summed E-state index contributed by atoms with van der Waals surface area (Å²) in [6.45, 7) is 0. The Balaban J connectivity index is 1.69. The minimum atomic E-state index is -4.47. The van der Waals surface area contributed by atoms with Crippen LogP contribution >= 0.6 is 11.6 Å². The van der Waals surface area contributed by atoms with Gasteiger partial charge in [-0.1, -0.05) is 23.7 Å². The number of hydrogen-bond donors (Lipinski definition) is 1. The summed E-state index contributed by atoms with van der Waals surface area (Å²) < 4.78 is 81.9. The van der Waals surface area contributed by atoms with Crippen LogP contribution in [-0.4, -0.2) is 45.6 Å². The van der Waals surface area contributed by atoms with Crippen LogP contribution in [0.2, 0.25) is 0 Å². The van der Waals surface area contributed by atoms with Gasteiger partial charge >= 0.3 is 6.18 Å². The van der Waals surface area contributed by atoms with Crippen LogP contribution in [0.1, 0.15) is 55.7 Å². The molecule has 13 heteroatoms. The maximum Gasteiger partial charge on any atom is 0.398 e. The predicted octanol–water partition coefficient (Wildman–Crippen LogP) is 5.37. The van der Waals surface area contributed by atoms with Crippen molar-refractivity contribution in [2.24, 2.45) is 0 Å². The van der Waals surface area contributed by atoms with Crippen LogP contribution in [0.15, 0.2) is 43.0 Å². The molecule has 6 nitrogen and oxygen atoms in total. The number of benzene rings is 1. The van der Waals surface area contributed by atoms with E-state index in [2.05, 4.69) is 15.3 Å².